The van der Waals surface area contributed by atoms with E-state index in [4.69, 9.17) is 5.41 Å². The molecule has 0 fully saturated rings. The normalized spacial score (nSPS) is 9.25. The molecular formula is C7H14N. The fraction of sp³-hybridized carbons (Fsp3) is 0.714. The van der Waals surface area contributed by atoms with Gasteiger partial charge in [-0.15, -0.1) is 0 Å². The average Bonchev–Trinajstić information content (AvgIpc) is 1.83. The van der Waals surface area contributed by atoms with Crippen molar-refractivity contribution in [2.24, 2.45) is 0 Å². The van der Waals surface area contributed by atoms with E-state index in [9.17, 15) is 0 Å². The predicted molar refractivity (Wildman–Crippen MR) is 37.2 cm³/mol. The molecule has 0 aromatic carbocycles. The van der Waals surface area contributed by atoms with Crippen LogP contribution in [0.25, 0.3) is 0 Å². The highest BCUT2D eigenvalue weighted by Gasteiger charge is 1.89. The third-order valence-electron chi connectivity index (χ3n) is 1.13. The van der Waals surface area contributed by atoms with Crippen molar-refractivity contribution in [3.05, 3.63) is 6.92 Å². The molecule has 0 aromatic heterocycles. The Morgan fingerprint density at radius 3 is 2.62 bits per heavy atom. The Labute approximate surface area is 51.6 Å². The largest absolute Gasteiger partial charge is 0.310 e. The van der Waals surface area contributed by atoms with Gasteiger partial charge in [0.25, 0.3) is 0 Å². The van der Waals surface area contributed by atoms with Crippen LogP contribution in [0.4, 0.5) is 0 Å². The van der Waals surface area contributed by atoms with Crippen LogP contribution in [-0.4, -0.2) is 5.71 Å². The molecule has 0 spiro atoms. The van der Waals surface area contributed by atoms with E-state index in [1.54, 1.807) is 0 Å². The van der Waals surface area contributed by atoms with E-state index in [0.717, 1.165) is 18.6 Å². The molecule has 0 saturated heterocycles. The molecule has 1 radical (unpaired) electrons. The van der Waals surface area contributed by atoms with Gasteiger partial charge < -0.3 is 5.41 Å². The van der Waals surface area contributed by atoms with Gasteiger partial charge in [0.05, 0.1) is 0 Å². The van der Waals surface area contributed by atoms with Crippen molar-refractivity contribution >= 4 is 5.71 Å². The summed E-state index contributed by atoms with van der Waals surface area (Å²) in [6, 6.07) is 0. The van der Waals surface area contributed by atoms with Crippen LogP contribution in [0.5, 0.6) is 0 Å². The summed E-state index contributed by atoms with van der Waals surface area (Å²) >= 11 is 0. The van der Waals surface area contributed by atoms with E-state index in [1.165, 1.54) is 6.42 Å². The van der Waals surface area contributed by atoms with Crippen LogP contribution in [0.2, 0.25) is 0 Å². The van der Waals surface area contributed by atoms with Crippen LogP contribution in [0, 0.1) is 12.3 Å². The maximum Gasteiger partial charge on any atom is 0.00891 e. The highest BCUT2D eigenvalue weighted by molar-refractivity contribution is 5.81. The summed E-state index contributed by atoms with van der Waals surface area (Å²) in [5.74, 6) is 0. The number of hydrogen-bond donors (Lipinski definition) is 1. The third kappa shape index (κ3) is 3.85. The minimum atomic E-state index is 0.681. The first kappa shape index (κ1) is 7.67. The van der Waals surface area contributed by atoms with Crippen molar-refractivity contribution in [3.8, 4) is 0 Å². The molecule has 0 unspecified atom stereocenters. The summed E-state index contributed by atoms with van der Waals surface area (Å²) in [5.41, 5.74) is 0.784. The Morgan fingerprint density at radius 1 is 1.62 bits per heavy atom. The van der Waals surface area contributed by atoms with Crippen LogP contribution in [0.1, 0.15) is 32.6 Å². The zero-order valence-corrected chi connectivity index (χ0v) is 5.54. The maximum atomic E-state index is 7.18. The van der Waals surface area contributed by atoms with Crippen LogP contribution < -0.4 is 0 Å². The van der Waals surface area contributed by atoms with Gasteiger partial charge in [-0.2, -0.15) is 0 Å². The number of rotatable bonds is 4. The van der Waals surface area contributed by atoms with E-state index in [0.29, 0.717) is 6.42 Å². The van der Waals surface area contributed by atoms with Crippen molar-refractivity contribution in [1.82, 2.24) is 0 Å². The van der Waals surface area contributed by atoms with Crippen molar-refractivity contribution in [2.45, 2.75) is 32.6 Å². The molecule has 0 bridgehead atoms. The Hall–Kier alpha value is -0.330. The highest BCUT2D eigenvalue weighted by atomic mass is 14.4. The van der Waals surface area contributed by atoms with Crippen molar-refractivity contribution in [3.63, 3.8) is 0 Å². The summed E-state index contributed by atoms with van der Waals surface area (Å²) in [4.78, 5) is 0. The zero-order chi connectivity index (χ0) is 6.41. The van der Waals surface area contributed by atoms with E-state index in [2.05, 4.69) is 13.8 Å². The summed E-state index contributed by atoms with van der Waals surface area (Å²) in [6.45, 7) is 5.75. The van der Waals surface area contributed by atoms with Crippen LogP contribution in [0.15, 0.2) is 0 Å². The third-order valence-corrected chi connectivity index (χ3v) is 1.13. The molecule has 0 atom stereocenters. The summed E-state index contributed by atoms with van der Waals surface area (Å²) in [7, 11) is 0. The van der Waals surface area contributed by atoms with E-state index in [1.807, 2.05) is 0 Å². The van der Waals surface area contributed by atoms with Gasteiger partial charge in [-0.3, -0.25) is 0 Å². The lowest BCUT2D eigenvalue weighted by atomic mass is 10.1. The molecule has 0 aliphatic rings. The summed E-state index contributed by atoms with van der Waals surface area (Å²) in [5, 5.41) is 7.18. The SMILES string of the molecule is [CH2]CC(=N)CCCC. The summed E-state index contributed by atoms with van der Waals surface area (Å²) in [6.07, 6.45) is 3.96. The van der Waals surface area contributed by atoms with Gasteiger partial charge in [-0.05, 0) is 26.2 Å². The minimum absolute atomic E-state index is 0.681. The van der Waals surface area contributed by atoms with Gasteiger partial charge in [0.2, 0.25) is 0 Å². The fourth-order valence-electron chi connectivity index (χ4n) is 0.515. The van der Waals surface area contributed by atoms with Crippen LogP contribution in [-0.2, 0) is 0 Å². The topological polar surface area (TPSA) is 23.9 Å². The highest BCUT2D eigenvalue weighted by Crippen LogP contribution is 1.96. The quantitative estimate of drug-likeness (QED) is 0.540. The number of nitrogens with one attached hydrogen (secondary N) is 1. The first-order chi connectivity index (χ1) is 3.81. The second-order valence-corrected chi connectivity index (χ2v) is 1.96. The van der Waals surface area contributed by atoms with E-state index >= 15 is 0 Å². The number of hydrogen-bond acceptors (Lipinski definition) is 1. The Balaban J connectivity index is 2.99. The second-order valence-electron chi connectivity index (χ2n) is 1.96. The lowest BCUT2D eigenvalue weighted by Gasteiger charge is -1.94. The number of unbranched alkanes of at least 4 members (excludes halogenated alkanes) is 1. The van der Waals surface area contributed by atoms with Gasteiger partial charge in [0.15, 0.2) is 0 Å². The molecule has 0 aliphatic heterocycles. The first-order valence-electron chi connectivity index (χ1n) is 3.16. The van der Waals surface area contributed by atoms with E-state index < -0.39 is 0 Å². The average molecular weight is 112 g/mol. The lowest BCUT2D eigenvalue weighted by Crippen LogP contribution is -1.91. The molecule has 0 aliphatic carbocycles. The van der Waals surface area contributed by atoms with Gasteiger partial charge in [-0.25, -0.2) is 0 Å². The molecule has 1 N–H and O–H groups in total. The fourth-order valence-corrected chi connectivity index (χ4v) is 0.515. The maximum absolute atomic E-state index is 7.18. The molecule has 0 aromatic rings. The molecule has 1 nitrogen and oxygen atoms in total. The lowest BCUT2D eigenvalue weighted by molar-refractivity contribution is 0.826. The first-order valence-corrected chi connectivity index (χ1v) is 3.16. The zero-order valence-electron chi connectivity index (χ0n) is 5.54. The standard InChI is InChI=1S/C7H14N/c1-3-5-6-7(8)4-2/h8H,2-6H2,1H3. The van der Waals surface area contributed by atoms with Crippen molar-refractivity contribution < 1.29 is 0 Å². The Bertz CT molecular complexity index is 66.8. The summed E-state index contributed by atoms with van der Waals surface area (Å²) < 4.78 is 0. The van der Waals surface area contributed by atoms with Gasteiger partial charge in [0.1, 0.15) is 0 Å². The molecule has 0 amide bonds. The molecule has 0 saturated carbocycles. The van der Waals surface area contributed by atoms with Crippen molar-refractivity contribution in [2.75, 3.05) is 0 Å². The molecule has 0 heterocycles. The monoisotopic (exact) mass is 112 g/mol. The van der Waals surface area contributed by atoms with Crippen LogP contribution in [0.3, 0.4) is 0 Å². The van der Waals surface area contributed by atoms with Crippen LogP contribution >= 0.6 is 0 Å². The van der Waals surface area contributed by atoms with Crippen molar-refractivity contribution in [1.29, 1.82) is 5.41 Å². The molecule has 0 rings (SSSR count). The molecule has 1 heteroatoms. The second kappa shape index (κ2) is 4.82. The van der Waals surface area contributed by atoms with E-state index in [-0.39, 0.29) is 0 Å². The Morgan fingerprint density at radius 2 is 2.25 bits per heavy atom. The predicted octanol–water partition coefficient (Wildman–Crippen LogP) is 2.42. The molecule has 8 heavy (non-hydrogen) atoms. The van der Waals surface area contributed by atoms with Gasteiger partial charge >= 0.3 is 0 Å². The molecular weight excluding hydrogens is 98.1 g/mol. The minimum Gasteiger partial charge on any atom is -0.310 e. The molecule has 47 valence electrons. The smallest absolute Gasteiger partial charge is 0.00891 e. The van der Waals surface area contributed by atoms with Gasteiger partial charge in [0, 0.05) is 5.71 Å². The Kier molecular flexibility index (Phi) is 4.62. The van der Waals surface area contributed by atoms with Gasteiger partial charge in [-0.1, -0.05) is 13.3 Å².